The molecule has 0 amide bonds. The van der Waals surface area contributed by atoms with Gasteiger partial charge in [-0.05, 0) is 12.1 Å². The van der Waals surface area contributed by atoms with Crippen LogP contribution in [0.5, 0.6) is 0 Å². The molecule has 23 heavy (non-hydrogen) atoms. The van der Waals surface area contributed by atoms with Crippen molar-refractivity contribution in [1.29, 1.82) is 0 Å². The summed E-state index contributed by atoms with van der Waals surface area (Å²) in [6.45, 7) is 0.481. The molecule has 9 heteroatoms. The first kappa shape index (κ1) is 16.1. The molecule has 0 aromatic heterocycles. The summed E-state index contributed by atoms with van der Waals surface area (Å²) in [5, 5.41) is 27.3. The van der Waals surface area contributed by atoms with Crippen molar-refractivity contribution < 1.29 is 14.2 Å². The van der Waals surface area contributed by atoms with Crippen LogP contribution in [-0.2, 0) is 0 Å². The first-order chi connectivity index (χ1) is 11.0. The lowest BCUT2D eigenvalue weighted by Crippen LogP contribution is -2.15. The number of nitrogens with zero attached hydrogens (tertiary/aromatic N) is 2. The maximum Gasteiger partial charge on any atom is 0.292 e. The van der Waals surface area contributed by atoms with Crippen LogP contribution in [0.3, 0.4) is 0 Å². The molecule has 0 aliphatic heterocycles. The Balaban J connectivity index is 1.98. The number of para-hydroxylation sites is 2. The monoisotopic (exact) mass is 320 g/mol. The second-order valence-electron chi connectivity index (χ2n) is 4.55. The van der Waals surface area contributed by atoms with Crippen LogP contribution in [0.1, 0.15) is 0 Å². The number of benzene rings is 2. The Morgan fingerprint density at radius 3 is 2.09 bits per heavy atom. The molecule has 120 valence electrons. The van der Waals surface area contributed by atoms with Gasteiger partial charge in [0, 0.05) is 31.3 Å². The number of hydrogen-bond acceptors (Lipinski definition) is 6. The van der Waals surface area contributed by atoms with Gasteiger partial charge in [-0.3, -0.25) is 20.2 Å². The molecule has 8 nitrogen and oxygen atoms in total. The van der Waals surface area contributed by atoms with E-state index in [1.807, 2.05) is 0 Å². The van der Waals surface area contributed by atoms with Gasteiger partial charge >= 0.3 is 0 Å². The van der Waals surface area contributed by atoms with Crippen molar-refractivity contribution in [2.75, 3.05) is 23.7 Å². The molecule has 0 atom stereocenters. The summed E-state index contributed by atoms with van der Waals surface area (Å²) in [6, 6.07) is 9.25. The van der Waals surface area contributed by atoms with Crippen molar-refractivity contribution in [3.8, 4) is 0 Å². The number of nitrogens with one attached hydrogen (secondary N) is 2. The minimum Gasteiger partial charge on any atom is -0.378 e. The fourth-order valence-electron chi connectivity index (χ4n) is 1.99. The molecule has 0 bridgehead atoms. The van der Waals surface area contributed by atoms with Gasteiger partial charge in [-0.1, -0.05) is 12.1 Å². The third-order valence-corrected chi connectivity index (χ3v) is 3.01. The van der Waals surface area contributed by atoms with E-state index in [-0.39, 0.29) is 30.2 Å². The topological polar surface area (TPSA) is 110 Å². The highest BCUT2D eigenvalue weighted by Gasteiger charge is 2.14. The summed E-state index contributed by atoms with van der Waals surface area (Å²) in [5.41, 5.74) is 0.0914. The summed E-state index contributed by atoms with van der Waals surface area (Å²) in [6.07, 6.45) is 0. The van der Waals surface area contributed by atoms with E-state index < -0.39 is 15.7 Å². The fraction of sp³-hybridized carbons (Fsp3) is 0.143. The molecule has 2 aromatic carbocycles. The smallest absolute Gasteiger partial charge is 0.292 e. The Morgan fingerprint density at radius 2 is 1.43 bits per heavy atom. The van der Waals surface area contributed by atoms with Crippen LogP contribution in [0.15, 0.2) is 42.5 Å². The molecule has 2 rings (SSSR count). The first-order valence-electron chi connectivity index (χ1n) is 6.64. The maximum absolute atomic E-state index is 13.2. The maximum atomic E-state index is 13.2. The molecule has 0 fully saturated rings. The minimum absolute atomic E-state index is 0.0550. The van der Waals surface area contributed by atoms with Crippen molar-refractivity contribution in [3.63, 3.8) is 0 Å². The zero-order chi connectivity index (χ0) is 16.8. The molecule has 2 N–H and O–H groups in total. The average Bonchev–Trinajstić information content (AvgIpc) is 2.51. The van der Waals surface area contributed by atoms with Crippen molar-refractivity contribution in [2.24, 2.45) is 0 Å². The van der Waals surface area contributed by atoms with Crippen LogP contribution in [-0.4, -0.2) is 22.9 Å². The van der Waals surface area contributed by atoms with Gasteiger partial charge in [-0.2, -0.15) is 0 Å². The van der Waals surface area contributed by atoms with Crippen LogP contribution in [0, 0.1) is 26.0 Å². The summed E-state index contributed by atoms with van der Waals surface area (Å²) in [5.74, 6) is -0.593. The first-order valence-corrected chi connectivity index (χ1v) is 6.64. The molecule has 0 saturated carbocycles. The Kier molecular flexibility index (Phi) is 5.03. The van der Waals surface area contributed by atoms with Gasteiger partial charge in [-0.15, -0.1) is 0 Å². The van der Waals surface area contributed by atoms with Crippen molar-refractivity contribution >= 4 is 22.7 Å². The molecule has 0 saturated heterocycles. The van der Waals surface area contributed by atoms with E-state index in [2.05, 4.69) is 10.6 Å². The second kappa shape index (κ2) is 7.16. The standard InChI is InChI=1S/C14H13FN4O4/c15-10-5-6-14(19(22)23)12(9-10)17-8-7-16-11-3-1-2-4-13(11)18(20)21/h1-6,9,16-17H,7-8H2. The van der Waals surface area contributed by atoms with E-state index in [0.717, 1.165) is 18.2 Å². The van der Waals surface area contributed by atoms with E-state index in [1.54, 1.807) is 18.2 Å². The summed E-state index contributed by atoms with van der Waals surface area (Å²) < 4.78 is 13.2. The average molecular weight is 320 g/mol. The van der Waals surface area contributed by atoms with Crippen LogP contribution in [0.4, 0.5) is 27.1 Å². The fourth-order valence-corrected chi connectivity index (χ4v) is 1.99. The van der Waals surface area contributed by atoms with Gasteiger partial charge in [0.25, 0.3) is 11.4 Å². The Morgan fingerprint density at radius 1 is 0.870 bits per heavy atom. The molecule has 0 spiro atoms. The predicted molar refractivity (Wildman–Crippen MR) is 83.1 cm³/mol. The molecule has 0 heterocycles. The predicted octanol–water partition coefficient (Wildman–Crippen LogP) is 3.17. The SMILES string of the molecule is O=[N+]([O-])c1ccccc1NCCNc1cc(F)ccc1[N+](=O)[O-]. The molecule has 0 unspecified atom stereocenters. The third-order valence-electron chi connectivity index (χ3n) is 3.01. The summed E-state index contributed by atoms with van der Waals surface area (Å²) in [7, 11) is 0. The second-order valence-corrected chi connectivity index (χ2v) is 4.55. The molecular formula is C14H13FN4O4. The van der Waals surface area contributed by atoms with Gasteiger partial charge in [0.05, 0.1) is 9.85 Å². The van der Waals surface area contributed by atoms with Gasteiger partial charge < -0.3 is 10.6 Å². The zero-order valence-electron chi connectivity index (χ0n) is 11.9. The summed E-state index contributed by atoms with van der Waals surface area (Å²) in [4.78, 5) is 20.6. The number of nitro groups is 2. The van der Waals surface area contributed by atoms with Crippen LogP contribution in [0.25, 0.3) is 0 Å². The molecular weight excluding hydrogens is 307 g/mol. The summed E-state index contributed by atoms with van der Waals surface area (Å²) >= 11 is 0. The lowest BCUT2D eigenvalue weighted by Gasteiger charge is -2.09. The highest BCUT2D eigenvalue weighted by molar-refractivity contribution is 5.63. The normalized spacial score (nSPS) is 10.1. The number of hydrogen-bond donors (Lipinski definition) is 2. The molecule has 2 aromatic rings. The Bertz CT molecular complexity index is 738. The highest BCUT2D eigenvalue weighted by Crippen LogP contribution is 2.25. The number of nitro benzene ring substituents is 2. The van der Waals surface area contributed by atoms with Crippen LogP contribution >= 0.6 is 0 Å². The number of anilines is 2. The quantitative estimate of drug-likeness (QED) is 0.460. The molecule has 0 aliphatic carbocycles. The van der Waals surface area contributed by atoms with Gasteiger partial charge in [0.15, 0.2) is 0 Å². The number of halogens is 1. The van der Waals surface area contributed by atoms with Gasteiger partial charge in [0.2, 0.25) is 0 Å². The van der Waals surface area contributed by atoms with Gasteiger partial charge in [0.1, 0.15) is 17.2 Å². The van der Waals surface area contributed by atoms with E-state index in [4.69, 9.17) is 0 Å². The lowest BCUT2D eigenvalue weighted by atomic mass is 10.2. The van der Waals surface area contributed by atoms with E-state index in [0.29, 0.717) is 5.69 Å². The van der Waals surface area contributed by atoms with Gasteiger partial charge in [-0.25, -0.2) is 4.39 Å². The number of rotatable bonds is 7. The molecule has 0 radical (unpaired) electrons. The zero-order valence-corrected chi connectivity index (χ0v) is 11.9. The largest absolute Gasteiger partial charge is 0.378 e. The van der Waals surface area contributed by atoms with E-state index in [1.165, 1.54) is 6.07 Å². The Hall–Kier alpha value is -3.23. The molecule has 0 aliphatic rings. The van der Waals surface area contributed by atoms with Crippen molar-refractivity contribution in [3.05, 3.63) is 68.5 Å². The minimum atomic E-state index is -0.614. The van der Waals surface area contributed by atoms with E-state index >= 15 is 0 Å². The highest BCUT2D eigenvalue weighted by atomic mass is 19.1. The van der Waals surface area contributed by atoms with E-state index in [9.17, 15) is 24.6 Å². The third kappa shape index (κ3) is 4.13. The van der Waals surface area contributed by atoms with Crippen LogP contribution in [0.2, 0.25) is 0 Å². The van der Waals surface area contributed by atoms with Crippen molar-refractivity contribution in [1.82, 2.24) is 0 Å². The van der Waals surface area contributed by atoms with Crippen molar-refractivity contribution in [2.45, 2.75) is 0 Å². The Labute approximate surface area is 130 Å². The van der Waals surface area contributed by atoms with Crippen LogP contribution < -0.4 is 10.6 Å². The lowest BCUT2D eigenvalue weighted by molar-refractivity contribution is -0.384.